The van der Waals surface area contributed by atoms with E-state index in [4.69, 9.17) is 4.74 Å². The Labute approximate surface area is 177 Å². The van der Waals surface area contributed by atoms with Crippen molar-refractivity contribution in [3.63, 3.8) is 0 Å². The van der Waals surface area contributed by atoms with Gasteiger partial charge in [0.25, 0.3) is 11.6 Å². The molecule has 0 fully saturated rings. The van der Waals surface area contributed by atoms with Crippen LogP contribution in [0.2, 0.25) is 0 Å². The number of carbonyl (C=O) groups is 2. The van der Waals surface area contributed by atoms with Gasteiger partial charge >= 0.3 is 5.97 Å². The number of rotatable bonds is 7. The first-order chi connectivity index (χ1) is 14.5. The summed E-state index contributed by atoms with van der Waals surface area (Å²) in [4.78, 5) is 37.0. The van der Waals surface area contributed by atoms with Crippen molar-refractivity contribution in [3.8, 4) is 0 Å². The van der Waals surface area contributed by atoms with Gasteiger partial charge in [-0.3, -0.25) is 14.9 Å². The van der Waals surface area contributed by atoms with E-state index in [1.54, 1.807) is 25.1 Å². The summed E-state index contributed by atoms with van der Waals surface area (Å²) in [6, 6.07) is 21.2. The zero-order valence-electron chi connectivity index (χ0n) is 16.0. The second kappa shape index (κ2) is 9.71. The molecule has 0 heterocycles. The SMILES string of the molecule is Cc1cccc([N+](=O)[O-])c1C(=O)OCC(=O)Nc1ccccc1Sc1ccccc1. The molecule has 3 aromatic carbocycles. The molecular weight excluding hydrogens is 404 g/mol. The Morgan fingerprint density at radius 1 is 1.00 bits per heavy atom. The van der Waals surface area contributed by atoms with E-state index in [9.17, 15) is 19.7 Å². The number of anilines is 1. The minimum atomic E-state index is -0.915. The Morgan fingerprint density at radius 2 is 1.70 bits per heavy atom. The number of ether oxygens (including phenoxy) is 1. The van der Waals surface area contributed by atoms with Crippen molar-refractivity contribution in [2.75, 3.05) is 11.9 Å². The molecule has 0 saturated heterocycles. The van der Waals surface area contributed by atoms with Crippen molar-refractivity contribution in [1.29, 1.82) is 0 Å². The van der Waals surface area contributed by atoms with Crippen LogP contribution in [0.15, 0.2) is 82.6 Å². The minimum absolute atomic E-state index is 0.157. The Balaban J connectivity index is 1.66. The topological polar surface area (TPSA) is 98.5 Å². The molecule has 7 nitrogen and oxygen atoms in total. The normalized spacial score (nSPS) is 10.3. The third-order valence-corrected chi connectivity index (χ3v) is 5.20. The number of hydrogen-bond acceptors (Lipinski definition) is 6. The zero-order valence-corrected chi connectivity index (χ0v) is 16.8. The molecule has 152 valence electrons. The van der Waals surface area contributed by atoms with Crippen LogP contribution in [0.5, 0.6) is 0 Å². The maximum Gasteiger partial charge on any atom is 0.345 e. The number of aryl methyl sites for hydroxylation is 1. The van der Waals surface area contributed by atoms with Gasteiger partial charge < -0.3 is 10.1 Å². The monoisotopic (exact) mass is 422 g/mol. The summed E-state index contributed by atoms with van der Waals surface area (Å²) in [5.41, 5.74) is 0.467. The van der Waals surface area contributed by atoms with Crippen molar-refractivity contribution < 1.29 is 19.2 Å². The predicted octanol–water partition coefficient (Wildman–Crippen LogP) is 4.85. The number of esters is 1. The van der Waals surface area contributed by atoms with E-state index < -0.39 is 23.4 Å². The average molecular weight is 422 g/mol. The highest BCUT2D eigenvalue weighted by molar-refractivity contribution is 7.99. The van der Waals surface area contributed by atoms with E-state index >= 15 is 0 Å². The van der Waals surface area contributed by atoms with Crippen molar-refractivity contribution in [3.05, 3.63) is 94.0 Å². The Kier molecular flexibility index (Phi) is 6.82. The largest absolute Gasteiger partial charge is 0.452 e. The number of para-hydroxylation sites is 1. The average Bonchev–Trinajstić information content (AvgIpc) is 2.74. The number of amides is 1. The van der Waals surface area contributed by atoms with E-state index in [-0.39, 0.29) is 11.3 Å². The van der Waals surface area contributed by atoms with Crippen LogP contribution < -0.4 is 5.32 Å². The molecule has 0 bridgehead atoms. The Bertz CT molecular complexity index is 1090. The van der Waals surface area contributed by atoms with Gasteiger partial charge in [-0.15, -0.1) is 0 Å². The van der Waals surface area contributed by atoms with Crippen molar-refractivity contribution in [1.82, 2.24) is 0 Å². The Morgan fingerprint density at radius 3 is 2.43 bits per heavy atom. The van der Waals surface area contributed by atoms with Crippen molar-refractivity contribution in [2.24, 2.45) is 0 Å². The van der Waals surface area contributed by atoms with Gasteiger partial charge in [-0.1, -0.05) is 54.2 Å². The van der Waals surface area contributed by atoms with Crippen LogP contribution in [0.3, 0.4) is 0 Å². The molecule has 0 unspecified atom stereocenters. The van der Waals surface area contributed by atoms with Crippen molar-refractivity contribution in [2.45, 2.75) is 16.7 Å². The van der Waals surface area contributed by atoms with Crippen LogP contribution in [0, 0.1) is 17.0 Å². The van der Waals surface area contributed by atoms with E-state index in [0.717, 1.165) is 9.79 Å². The summed E-state index contributed by atoms with van der Waals surface area (Å²) in [6.45, 7) is 1.01. The summed E-state index contributed by atoms with van der Waals surface area (Å²) in [5.74, 6) is -1.46. The van der Waals surface area contributed by atoms with E-state index in [1.165, 1.54) is 23.9 Å². The van der Waals surface area contributed by atoms with Crippen LogP contribution in [-0.4, -0.2) is 23.4 Å². The lowest BCUT2D eigenvalue weighted by molar-refractivity contribution is -0.385. The van der Waals surface area contributed by atoms with Gasteiger partial charge in [-0.2, -0.15) is 0 Å². The molecule has 3 rings (SSSR count). The molecule has 8 heteroatoms. The van der Waals surface area contributed by atoms with Gasteiger partial charge in [0.15, 0.2) is 6.61 Å². The van der Waals surface area contributed by atoms with Crippen LogP contribution in [0.1, 0.15) is 15.9 Å². The number of benzene rings is 3. The van der Waals surface area contributed by atoms with E-state index in [2.05, 4.69) is 5.32 Å². The number of nitro benzene ring substituents is 1. The number of nitrogens with one attached hydrogen (secondary N) is 1. The van der Waals surface area contributed by atoms with E-state index in [1.807, 2.05) is 42.5 Å². The van der Waals surface area contributed by atoms with Gasteiger partial charge in [-0.25, -0.2) is 4.79 Å². The third-order valence-electron chi connectivity index (χ3n) is 4.12. The molecule has 0 spiro atoms. The van der Waals surface area contributed by atoms with Gasteiger partial charge in [0.1, 0.15) is 5.56 Å². The molecular formula is C22H18N2O5S. The van der Waals surface area contributed by atoms with Gasteiger partial charge in [0.05, 0.1) is 10.6 Å². The highest BCUT2D eigenvalue weighted by Crippen LogP contribution is 2.33. The highest BCUT2D eigenvalue weighted by Gasteiger charge is 2.24. The first-order valence-corrected chi connectivity index (χ1v) is 9.80. The first-order valence-electron chi connectivity index (χ1n) is 8.98. The van der Waals surface area contributed by atoms with Gasteiger partial charge in [0, 0.05) is 15.9 Å². The molecule has 1 N–H and O–H groups in total. The molecule has 0 radical (unpaired) electrons. The van der Waals surface area contributed by atoms with Crippen LogP contribution in [0.25, 0.3) is 0 Å². The third kappa shape index (κ3) is 5.24. The number of carbonyl (C=O) groups excluding carboxylic acids is 2. The summed E-state index contributed by atoms with van der Waals surface area (Å²) in [6.07, 6.45) is 0. The molecule has 3 aromatic rings. The molecule has 0 atom stereocenters. The maximum absolute atomic E-state index is 12.3. The Hall–Kier alpha value is -3.65. The second-order valence-corrected chi connectivity index (χ2v) is 7.38. The molecule has 0 aliphatic rings. The predicted molar refractivity (Wildman–Crippen MR) is 114 cm³/mol. The van der Waals surface area contributed by atoms with Crippen LogP contribution in [0.4, 0.5) is 11.4 Å². The van der Waals surface area contributed by atoms with Crippen molar-refractivity contribution >= 4 is 35.0 Å². The quantitative estimate of drug-likeness (QED) is 0.332. The van der Waals surface area contributed by atoms with Crippen LogP contribution >= 0.6 is 11.8 Å². The lowest BCUT2D eigenvalue weighted by atomic mass is 10.1. The fourth-order valence-electron chi connectivity index (χ4n) is 2.73. The minimum Gasteiger partial charge on any atom is -0.452 e. The smallest absolute Gasteiger partial charge is 0.345 e. The molecule has 1 amide bonds. The maximum atomic E-state index is 12.3. The molecule has 30 heavy (non-hydrogen) atoms. The van der Waals surface area contributed by atoms with Gasteiger partial charge in [-0.05, 0) is 36.8 Å². The summed E-state index contributed by atoms with van der Waals surface area (Å²) in [5, 5.41) is 13.9. The zero-order chi connectivity index (χ0) is 21.5. The first kappa shape index (κ1) is 21.1. The lowest BCUT2D eigenvalue weighted by Gasteiger charge is -2.11. The molecule has 0 aromatic heterocycles. The lowest BCUT2D eigenvalue weighted by Crippen LogP contribution is -2.22. The summed E-state index contributed by atoms with van der Waals surface area (Å²) in [7, 11) is 0. The summed E-state index contributed by atoms with van der Waals surface area (Å²) < 4.78 is 5.03. The number of nitrogens with zero attached hydrogens (tertiary/aromatic N) is 1. The van der Waals surface area contributed by atoms with Crippen LogP contribution in [-0.2, 0) is 9.53 Å². The van der Waals surface area contributed by atoms with Gasteiger partial charge in [0.2, 0.25) is 0 Å². The molecule has 0 saturated carbocycles. The molecule has 0 aliphatic heterocycles. The fraction of sp³-hybridized carbons (Fsp3) is 0.0909. The molecule has 0 aliphatic carbocycles. The summed E-state index contributed by atoms with van der Waals surface area (Å²) >= 11 is 1.49. The standard InChI is InChI=1S/C22H18N2O5S/c1-15-8-7-12-18(24(27)28)21(15)22(26)29-14-20(25)23-17-11-5-6-13-19(17)30-16-9-3-2-4-10-16/h2-13H,14H2,1H3,(H,23,25). The number of hydrogen-bond donors (Lipinski definition) is 1. The highest BCUT2D eigenvalue weighted by atomic mass is 32.2. The second-order valence-electron chi connectivity index (χ2n) is 6.26. The number of nitro groups is 1. The fourth-order valence-corrected chi connectivity index (χ4v) is 3.66. The van der Waals surface area contributed by atoms with E-state index in [0.29, 0.717) is 11.3 Å².